The molecular weight excluding hydrogens is 346 g/mol. The van der Waals surface area contributed by atoms with Gasteiger partial charge in [-0.25, -0.2) is 9.83 Å². The van der Waals surface area contributed by atoms with E-state index in [-0.39, 0.29) is 30.4 Å². The molecule has 0 radical (unpaired) electrons. The number of nitrogens with one attached hydrogen (secondary N) is 1. The van der Waals surface area contributed by atoms with Crippen molar-refractivity contribution in [2.24, 2.45) is 0 Å². The van der Waals surface area contributed by atoms with Crippen molar-refractivity contribution in [2.45, 2.75) is 13.0 Å². The van der Waals surface area contributed by atoms with Crippen molar-refractivity contribution < 1.29 is 14.6 Å². The fourth-order valence-corrected chi connectivity index (χ4v) is 2.57. The summed E-state index contributed by atoms with van der Waals surface area (Å²) in [5.74, 6) is -0.915. The van der Waals surface area contributed by atoms with Gasteiger partial charge in [-0.15, -0.1) is 0 Å². The molecule has 134 valence electrons. The van der Waals surface area contributed by atoms with Crippen LogP contribution in [0.4, 0.5) is 5.69 Å². The smallest absolute Gasteiger partial charge is 0.307 e. The third-order valence-electron chi connectivity index (χ3n) is 3.75. The number of benzene rings is 2. The normalized spacial score (nSPS) is 10.2. The molecule has 1 heterocycles. The van der Waals surface area contributed by atoms with E-state index in [1.54, 1.807) is 48.5 Å². The summed E-state index contributed by atoms with van der Waals surface area (Å²) in [5.41, 5.74) is 1.61. The van der Waals surface area contributed by atoms with Gasteiger partial charge in [-0.2, -0.15) is 0 Å². The number of hydrogen-bond donors (Lipinski definition) is 2. The first-order chi connectivity index (χ1) is 13.1. The van der Waals surface area contributed by atoms with E-state index in [0.29, 0.717) is 11.1 Å². The molecule has 1 aromatic heterocycles. The zero-order valence-corrected chi connectivity index (χ0v) is 14.2. The van der Waals surface area contributed by atoms with Gasteiger partial charge in [0.15, 0.2) is 0 Å². The number of rotatable bonds is 6. The maximum atomic E-state index is 12.2. The van der Waals surface area contributed by atoms with Crippen LogP contribution in [-0.4, -0.2) is 21.0 Å². The molecule has 0 amide bonds. The molecule has 27 heavy (non-hydrogen) atoms. The van der Waals surface area contributed by atoms with Crippen LogP contribution in [0.5, 0.6) is 6.01 Å². The van der Waals surface area contributed by atoms with Gasteiger partial charge in [0, 0.05) is 0 Å². The first-order valence-corrected chi connectivity index (χ1v) is 8.06. The predicted molar refractivity (Wildman–Crippen MR) is 98.7 cm³/mol. The number of H-pyrrole nitrogens is 1. The fraction of sp³-hybridized carbons (Fsp3) is 0.100. The van der Waals surface area contributed by atoms with E-state index in [4.69, 9.17) is 16.4 Å². The van der Waals surface area contributed by atoms with E-state index >= 15 is 0 Å². The highest BCUT2D eigenvalue weighted by Gasteiger charge is 2.14. The second kappa shape index (κ2) is 7.97. The zero-order chi connectivity index (χ0) is 19.2. The summed E-state index contributed by atoms with van der Waals surface area (Å²) in [6.45, 7) is 7.34. The predicted octanol–water partition coefficient (Wildman–Crippen LogP) is 3.19. The van der Waals surface area contributed by atoms with Gasteiger partial charge in [0.1, 0.15) is 6.61 Å². The lowest BCUT2D eigenvalue weighted by Gasteiger charge is -2.09. The van der Waals surface area contributed by atoms with Gasteiger partial charge >= 0.3 is 5.97 Å². The van der Waals surface area contributed by atoms with Crippen molar-refractivity contribution in [3.8, 4) is 17.3 Å². The van der Waals surface area contributed by atoms with Crippen LogP contribution in [0, 0.1) is 6.57 Å². The Kier molecular flexibility index (Phi) is 5.28. The van der Waals surface area contributed by atoms with Crippen LogP contribution in [0.3, 0.4) is 0 Å². The Hall–Kier alpha value is -3.92. The number of carbonyl (C=O) groups is 1. The SMILES string of the molecule is [C-]#[N+]c1c(-c2ccccc2)nc(OCc2cccc(CC(=O)O)c2)[nH]c1=O. The van der Waals surface area contributed by atoms with E-state index in [9.17, 15) is 9.59 Å². The monoisotopic (exact) mass is 361 g/mol. The number of aliphatic carboxylic acids is 1. The summed E-state index contributed by atoms with van der Waals surface area (Å²) in [5, 5.41) is 8.88. The van der Waals surface area contributed by atoms with Crippen molar-refractivity contribution in [2.75, 3.05) is 0 Å². The molecule has 0 aliphatic heterocycles. The molecule has 3 aromatic rings. The van der Waals surface area contributed by atoms with E-state index in [2.05, 4.69) is 14.8 Å². The van der Waals surface area contributed by atoms with Gasteiger partial charge in [0.2, 0.25) is 0 Å². The Balaban J connectivity index is 1.86. The molecule has 3 rings (SSSR count). The molecule has 7 nitrogen and oxygen atoms in total. The summed E-state index contributed by atoms with van der Waals surface area (Å²) in [6, 6.07) is 15.9. The highest BCUT2D eigenvalue weighted by Crippen LogP contribution is 2.26. The van der Waals surface area contributed by atoms with E-state index < -0.39 is 11.5 Å². The van der Waals surface area contributed by atoms with Gasteiger partial charge in [0.25, 0.3) is 17.3 Å². The Morgan fingerprint density at radius 2 is 1.89 bits per heavy atom. The third kappa shape index (κ3) is 4.38. The maximum Gasteiger partial charge on any atom is 0.307 e. The van der Waals surface area contributed by atoms with Gasteiger partial charge in [0.05, 0.1) is 18.7 Å². The standard InChI is InChI=1S/C20H15N3O4/c1-21-18-17(15-8-3-2-4-9-15)22-20(23-19(18)26)27-12-14-7-5-6-13(10-14)11-16(24)25/h2-10H,11-12H2,(H,24,25)(H,22,23,26). The average molecular weight is 361 g/mol. The number of nitrogens with zero attached hydrogens (tertiary/aromatic N) is 2. The lowest BCUT2D eigenvalue weighted by Crippen LogP contribution is -2.11. The molecule has 0 aliphatic carbocycles. The molecule has 0 fully saturated rings. The first-order valence-electron chi connectivity index (χ1n) is 8.06. The average Bonchev–Trinajstić information content (AvgIpc) is 2.66. The van der Waals surface area contributed by atoms with E-state index in [1.807, 2.05) is 6.07 Å². The quantitative estimate of drug-likeness (QED) is 0.657. The van der Waals surface area contributed by atoms with Crippen LogP contribution in [0.15, 0.2) is 59.4 Å². The molecule has 0 saturated heterocycles. The number of aromatic nitrogens is 2. The summed E-state index contributed by atoms with van der Waals surface area (Å²) >= 11 is 0. The summed E-state index contributed by atoms with van der Waals surface area (Å²) in [4.78, 5) is 33.0. The van der Waals surface area contributed by atoms with Crippen molar-refractivity contribution in [3.63, 3.8) is 0 Å². The van der Waals surface area contributed by atoms with Crippen LogP contribution < -0.4 is 10.3 Å². The van der Waals surface area contributed by atoms with E-state index in [0.717, 1.165) is 5.56 Å². The van der Waals surface area contributed by atoms with Crippen molar-refractivity contribution in [3.05, 3.63) is 87.5 Å². The lowest BCUT2D eigenvalue weighted by molar-refractivity contribution is -0.136. The Morgan fingerprint density at radius 1 is 1.15 bits per heavy atom. The first kappa shape index (κ1) is 17.9. The number of carboxylic acid groups (broad SMARTS) is 1. The maximum absolute atomic E-state index is 12.2. The van der Waals surface area contributed by atoms with Gasteiger partial charge in [-0.3, -0.25) is 14.6 Å². The number of aromatic amines is 1. The fourth-order valence-electron chi connectivity index (χ4n) is 2.57. The number of carboxylic acids is 1. The Bertz CT molecular complexity index is 1070. The summed E-state index contributed by atoms with van der Waals surface area (Å²) in [7, 11) is 0. The zero-order valence-electron chi connectivity index (χ0n) is 14.2. The summed E-state index contributed by atoms with van der Waals surface area (Å²) in [6.07, 6.45) is -0.0826. The highest BCUT2D eigenvalue weighted by atomic mass is 16.5. The van der Waals surface area contributed by atoms with Gasteiger partial charge in [-0.1, -0.05) is 54.6 Å². The van der Waals surface area contributed by atoms with Gasteiger partial charge < -0.3 is 9.84 Å². The minimum Gasteiger partial charge on any atom is -0.481 e. The largest absolute Gasteiger partial charge is 0.481 e. The third-order valence-corrected chi connectivity index (χ3v) is 3.75. The van der Waals surface area contributed by atoms with Crippen LogP contribution in [0.25, 0.3) is 16.1 Å². The molecular formula is C20H15N3O4. The molecule has 0 unspecified atom stereocenters. The summed E-state index contributed by atoms with van der Waals surface area (Å²) < 4.78 is 5.58. The highest BCUT2D eigenvalue weighted by molar-refractivity contribution is 5.74. The second-order valence-electron chi connectivity index (χ2n) is 5.73. The minimum absolute atomic E-state index is 0.00473. The topological polar surface area (TPSA) is 96.6 Å². The van der Waals surface area contributed by atoms with E-state index in [1.165, 1.54) is 0 Å². The lowest BCUT2D eigenvalue weighted by atomic mass is 10.1. The molecule has 0 spiro atoms. The van der Waals surface area contributed by atoms with Crippen LogP contribution in [-0.2, 0) is 17.8 Å². The second-order valence-corrected chi connectivity index (χ2v) is 5.73. The van der Waals surface area contributed by atoms with Crippen molar-refractivity contribution in [1.82, 2.24) is 9.97 Å². The van der Waals surface area contributed by atoms with Gasteiger partial charge in [-0.05, 0) is 16.7 Å². The Morgan fingerprint density at radius 3 is 2.59 bits per heavy atom. The van der Waals surface area contributed by atoms with Crippen LogP contribution in [0.2, 0.25) is 0 Å². The number of ether oxygens (including phenoxy) is 1. The Labute approximate surface area is 154 Å². The van der Waals surface area contributed by atoms with Crippen molar-refractivity contribution in [1.29, 1.82) is 0 Å². The molecule has 7 heteroatoms. The molecule has 0 bridgehead atoms. The molecule has 0 atom stereocenters. The van der Waals surface area contributed by atoms with Crippen molar-refractivity contribution >= 4 is 11.7 Å². The minimum atomic E-state index is -0.915. The molecule has 0 aliphatic rings. The van der Waals surface area contributed by atoms with Crippen LogP contribution >= 0.6 is 0 Å². The molecule has 2 aromatic carbocycles. The number of hydrogen-bond acceptors (Lipinski definition) is 4. The van der Waals surface area contributed by atoms with Crippen LogP contribution in [0.1, 0.15) is 11.1 Å². The molecule has 2 N–H and O–H groups in total. The molecule has 0 saturated carbocycles.